The van der Waals surface area contributed by atoms with Gasteiger partial charge in [-0.05, 0) is 50.5 Å². The fourth-order valence-corrected chi connectivity index (χ4v) is 6.90. The van der Waals surface area contributed by atoms with Crippen molar-refractivity contribution in [2.24, 2.45) is 11.8 Å². The number of alkyl halides is 3. The normalized spacial score (nSPS) is 26.2. The molecular weight excluding hydrogens is 517 g/mol. The molecule has 0 bridgehead atoms. The van der Waals surface area contributed by atoms with Crippen LogP contribution in [0.2, 0.25) is 0 Å². The third-order valence-electron chi connectivity index (χ3n) is 8.27. The van der Waals surface area contributed by atoms with Gasteiger partial charge in [0, 0.05) is 30.1 Å². The second kappa shape index (κ2) is 12.0. The SMILES string of the molecule is Cc1cc(C(F)(F)F)nn1CC(=O)N1CCC(c2nc(C3OCC4CCCCCCCC4CO3)cs2)CC1. The molecule has 38 heavy (non-hydrogen) atoms. The first-order chi connectivity index (χ1) is 18.3. The maximum absolute atomic E-state index is 12.9. The van der Waals surface area contributed by atoms with Gasteiger partial charge in [0.05, 0.1) is 18.2 Å². The number of aryl methyl sites for hydroxylation is 1. The second-order valence-electron chi connectivity index (χ2n) is 11.0. The molecular formula is C27H37F3N4O3S. The number of piperidine rings is 1. The van der Waals surface area contributed by atoms with Gasteiger partial charge < -0.3 is 14.4 Å². The zero-order valence-electron chi connectivity index (χ0n) is 21.9. The first-order valence-corrected chi connectivity index (χ1v) is 14.7. The van der Waals surface area contributed by atoms with Crippen LogP contribution in [0, 0.1) is 18.8 Å². The molecule has 5 rings (SSSR count). The predicted octanol–water partition coefficient (Wildman–Crippen LogP) is 6.10. The largest absolute Gasteiger partial charge is 0.435 e. The van der Waals surface area contributed by atoms with Crippen LogP contribution in [0.15, 0.2) is 11.4 Å². The van der Waals surface area contributed by atoms with Crippen molar-refractivity contribution in [3.05, 3.63) is 33.5 Å². The van der Waals surface area contributed by atoms with Crippen LogP contribution in [0.3, 0.4) is 0 Å². The number of carbonyl (C=O) groups excluding carboxylic acids is 1. The molecule has 7 nitrogen and oxygen atoms in total. The number of nitrogens with zero attached hydrogens (tertiary/aromatic N) is 4. The molecule has 3 fully saturated rings. The van der Waals surface area contributed by atoms with Gasteiger partial charge in [-0.25, -0.2) is 4.98 Å². The van der Waals surface area contributed by atoms with E-state index in [0.29, 0.717) is 30.6 Å². The Labute approximate surface area is 225 Å². The molecule has 2 saturated heterocycles. The van der Waals surface area contributed by atoms with Crippen LogP contribution >= 0.6 is 11.3 Å². The number of fused-ring (bicyclic) bond motifs is 1. The van der Waals surface area contributed by atoms with E-state index in [1.165, 1.54) is 51.9 Å². The van der Waals surface area contributed by atoms with Crippen molar-refractivity contribution in [1.29, 1.82) is 0 Å². The van der Waals surface area contributed by atoms with E-state index >= 15 is 0 Å². The minimum Gasteiger partial charge on any atom is -0.347 e. The number of likely N-dealkylation sites (tertiary alicyclic amines) is 1. The van der Waals surface area contributed by atoms with Crippen molar-refractivity contribution in [1.82, 2.24) is 19.7 Å². The molecule has 2 atom stereocenters. The van der Waals surface area contributed by atoms with E-state index in [1.807, 2.05) is 5.38 Å². The van der Waals surface area contributed by atoms with Gasteiger partial charge in [0.15, 0.2) is 5.69 Å². The van der Waals surface area contributed by atoms with Crippen LogP contribution in [0.1, 0.15) is 92.1 Å². The molecule has 0 spiro atoms. The highest BCUT2D eigenvalue weighted by Gasteiger charge is 2.35. The molecule has 3 aliphatic rings. The second-order valence-corrected chi connectivity index (χ2v) is 11.8. The molecule has 210 valence electrons. The quantitative estimate of drug-likeness (QED) is 0.457. The summed E-state index contributed by atoms with van der Waals surface area (Å²) in [5.74, 6) is 1.14. The van der Waals surface area contributed by atoms with E-state index in [1.54, 1.807) is 16.2 Å². The lowest BCUT2D eigenvalue weighted by molar-refractivity contribution is -0.142. The Kier molecular flexibility index (Phi) is 8.74. The summed E-state index contributed by atoms with van der Waals surface area (Å²) in [5, 5.41) is 6.65. The minimum atomic E-state index is -4.52. The molecule has 1 aliphatic carbocycles. The van der Waals surface area contributed by atoms with Crippen molar-refractivity contribution < 1.29 is 27.4 Å². The van der Waals surface area contributed by atoms with Crippen molar-refractivity contribution in [2.45, 2.75) is 89.6 Å². The average molecular weight is 555 g/mol. The van der Waals surface area contributed by atoms with E-state index in [-0.39, 0.29) is 18.4 Å². The van der Waals surface area contributed by atoms with Gasteiger partial charge in [-0.1, -0.05) is 32.1 Å². The summed E-state index contributed by atoms with van der Waals surface area (Å²) in [6, 6.07) is 0.971. The molecule has 2 aromatic rings. The van der Waals surface area contributed by atoms with E-state index in [4.69, 9.17) is 14.5 Å². The smallest absolute Gasteiger partial charge is 0.347 e. The number of thiazole rings is 1. The number of aromatic nitrogens is 3. The lowest BCUT2D eigenvalue weighted by Crippen LogP contribution is -2.40. The van der Waals surface area contributed by atoms with E-state index < -0.39 is 18.2 Å². The van der Waals surface area contributed by atoms with E-state index in [0.717, 1.165) is 47.5 Å². The first-order valence-electron chi connectivity index (χ1n) is 13.9. The zero-order chi connectivity index (χ0) is 26.7. The number of carbonyl (C=O) groups is 1. The number of hydrogen-bond acceptors (Lipinski definition) is 6. The van der Waals surface area contributed by atoms with Gasteiger partial charge in [-0.15, -0.1) is 11.3 Å². The molecule has 4 heterocycles. The van der Waals surface area contributed by atoms with Crippen molar-refractivity contribution in [3.63, 3.8) is 0 Å². The van der Waals surface area contributed by atoms with Crippen LogP contribution < -0.4 is 0 Å². The Morgan fingerprint density at radius 1 is 1.03 bits per heavy atom. The highest BCUT2D eigenvalue weighted by Crippen LogP contribution is 2.37. The topological polar surface area (TPSA) is 69.5 Å². The van der Waals surface area contributed by atoms with Gasteiger partial charge in [0.2, 0.25) is 12.2 Å². The van der Waals surface area contributed by atoms with Crippen LogP contribution in [-0.2, 0) is 27.0 Å². The number of hydrogen-bond donors (Lipinski definition) is 0. The van der Waals surface area contributed by atoms with Crippen LogP contribution in [0.4, 0.5) is 13.2 Å². The Morgan fingerprint density at radius 2 is 1.66 bits per heavy atom. The minimum absolute atomic E-state index is 0.188. The van der Waals surface area contributed by atoms with E-state index in [9.17, 15) is 18.0 Å². The summed E-state index contributed by atoms with van der Waals surface area (Å²) in [6.45, 7) is 3.88. The molecule has 11 heteroatoms. The van der Waals surface area contributed by atoms with Crippen molar-refractivity contribution >= 4 is 17.2 Å². The summed E-state index contributed by atoms with van der Waals surface area (Å²) < 4.78 is 52.4. The van der Waals surface area contributed by atoms with Crippen LogP contribution in [0.5, 0.6) is 0 Å². The van der Waals surface area contributed by atoms with Crippen molar-refractivity contribution in [3.8, 4) is 0 Å². The number of ether oxygens (including phenoxy) is 2. The third kappa shape index (κ3) is 6.59. The van der Waals surface area contributed by atoms with Gasteiger partial charge in [0.25, 0.3) is 0 Å². The molecule has 0 aromatic carbocycles. The van der Waals surface area contributed by atoms with E-state index in [2.05, 4.69) is 5.10 Å². The van der Waals surface area contributed by atoms with Gasteiger partial charge in [-0.3, -0.25) is 9.48 Å². The van der Waals surface area contributed by atoms with Crippen LogP contribution in [0.25, 0.3) is 0 Å². The third-order valence-corrected chi connectivity index (χ3v) is 9.30. The highest BCUT2D eigenvalue weighted by molar-refractivity contribution is 7.09. The molecule has 0 N–H and O–H groups in total. The predicted molar refractivity (Wildman–Crippen MR) is 137 cm³/mol. The molecule has 2 aromatic heterocycles. The Balaban J connectivity index is 1.13. The fraction of sp³-hybridized carbons (Fsp3) is 0.741. The summed E-state index contributed by atoms with van der Waals surface area (Å²) in [4.78, 5) is 19.4. The molecule has 2 unspecified atom stereocenters. The maximum Gasteiger partial charge on any atom is 0.435 e. The van der Waals surface area contributed by atoms with Gasteiger partial charge in [0.1, 0.15) is 12.2 Å². The number of amides is 1. The Hall–Kier alpha value is -1.98. The Bertz CT molecular complexity index is 1060. The lowest BCUT2D eigenvalue weighted by Gasteiger charge is -2.31. The molecule has 1 amide bonds. The summed E-state index contributed by atoms with van der Waals surface area (Å²) >= 11 is 1.62. The zero-order valence-corrected chi connectivity index (χ0v) is 22.7. The monoisotopic (exact) mass is 554 g/mol. The maximum atomic E-state index is 12.9. The number of halogens is 3. The number of rotatable bonds is 4. The summed E-state index contributed by atoms with van der Waals surface area (Å²) in [6.07, 6.45) is 5.52. The standard InChI is InChI=1S/C27H37F3N4O3S/c1-18-13-23(27(28,29)30)32-34(18)14-24(35)33-11-9-19(10-12-33)25-31-22(17-38-25)26-36-15-20-7-5-3-2-4-6-8-21(20)16-37-26/h13,17,19-21,26H,2-12,14-16H2,1H3. The van der Waals surface area contributed by atoms with Gasteiger partial charge in [-0.2, -0.15) is 18.3 Å². The fourth-order valence-electron chi connectivity index (χ4n) is 5.90. The average Bonchev–Trinajstić information content (AvgIpc) is 3.50. The first kappa shape index (κ1) is 27.6. The Morgan fingerprint density at radius 3 is 2.26 bits per heavy atom. The van der Waals surface area contributed by atoms with Crippen LogP contribution in [-0.4, -0.2) is 51.9 Å². The molecule has 1 saturated carbocycles. The lowest BCUT2D eigenvalue weighted by atomic mass is 9.86. The highest BCUT2D eigenvalue weighted by atomic mass is 32.1. The van der Waals surface area contributed by atoms with Gasteiger partial charge >= 0.3 is 6.18 Å². The summed E-state index contributed by atoms with van der Waals surface area (Å²) in [5.41, 5.74) is 0.187. The molecule has 0 radical (unpaired) electrons. The summed E-state index contributed by atoms with van der Waals surface area (Å²) in [7, 11) is 0. The van der Waals surface area contributed by atoms with Crippen molar-refractivity contribution in [2.75, 3.05) is 26.3 Å². The molecule has 2 aliphatic heterocycles.